The first-order chi connectivity index (χ1) is 12.6. The highest BCUT2D eigenvalue weighted by atomic mass is 19.1. The third-order valence-corrected chi connectivity index (χ3v) is 4.69. The Kier molecular flexibility index (Phi) is 6.30. The summed E-state index contributed by atoms with van der Waals surface area (Å²) in [5, 5.41) is 10.8. The minimum atomic E-state index is -0.338. The van der Waals surface area contributed by atoms with Crippen molar-refractivity contribution in [3.05, 3.63) is 47.5 Å². The predicted octanol–water partition coefficient (Wildman–Crippen LogP) is 0.0615. The molecule has 0 radical (unpaired) electrons. The number of rotatable bonds is 7. The number of nitrogens with zero attached hydrogens (tertiary/aromatic N) is 3. The fraction of sp³-hybridized carbons (Fsp3) is 0.500. The van der Waals surface area contributed by atoms with E-state index < -0.39 is 0 Å². The minimum Gasteiger partial charge on any atom is -0.370 e. The molecule has 2 aromatic rings. The maximum Gasteiger partial charge on any atom is 0.273 e. The van der Waals surface area contributed by atoms with Crippen LogP contribution >= 0.6 is 0 Å². The van der Waals surface area contributed by atoms with Gasteiger partial charge in [-0.05, 0) is 13.0 Å². The van der Waals surface area contributed by atoms with Crippen molar-refractivity contribution < 1.29 is 18.8 Å². The van der Waals surface area contributed by atoms with Crippen LogP contribution in [0, 0.1) is 5.82 Å². The lowest BCUT2D eigenvalue weighted by Gasteiger charge is -2.23. The summed E-state index contributed by atoms with van der Waals surface area (Å²) in [6.07, 6.45) is 2.46. The number of benzene rings is 1. The Hall–Kier alpha value is -2.32. The molecule has 0 spiro atoms. The number of nitrogens with one attached hydrogen (secondary N) is 2. The van der Waals surface area contributed by atoms with Gasteiger partial charge in [0.15, 0.2) is 5.69 Å². The molecule has 1 aromatic carbocycles. The Morgan fingerprint density at radius 1 is 1.38 bits per heavy atom. The molecule has 1 saturated heterocycles. The molecule has 0 saturated carbocycles. The first-order valence-electron chi connectivity index (χ1n) is 9.01. The maximum absolute atomic E-state index is 13.9. The van der Waals surface area contributed by atoms with Gasteiger partial charge in [-0.3, -0.25) is 4.79 Å². The van der Waals surface area contributed by atoms with Crippen LogP contribution in [0.5, 0.6) is 0 Å². The van der Waals surface area contributed by atoms with Crippen LogP contribution in [0.1, 0.15) is 35.4 Å². The number of aromatic nitrogens is 3. The van der Waals surface area contributed by atoms with Crippen LogP contribution in [-0.2, 0) is 4.74 Å². The van der Waals surface area contributed by atoms with Crippen LogP contribution in [0.3, 0.4) is 0 Å². The van der Waals surface area contributed by atoms with Crippen LogP contribution in [0.25, 0.3) is 0 Å². The van der Waals surface area contributed by atoms with Crippen molar-refractivity contribution in [2.45, 2.75) is 19.4 Å². The van der Waals surface area contributed by atoms with Gasteiger partial charge in [0, 0.05) is 18.5 Å². The number of carbonyl (C=O) groups is 1. The fourth-order valence-corrected chi connectivity index (χ4v) is 3.07. The quantitative estimate of drug-likeness (QED) is 0.684. The van der Waals surface area contributed by atoms with Crippen LogP contribution in [0.4, 0.5) is 4.39 Å². The van der Waals surface area contributed by atoms with E-state index in [0.29, 0.717) is 12.1 Å². The second kappa shape index (κ2) is 8.86. The van der Waals surface area contributed by atoms with E-state index in [1.165, 1.54) is 15.6 Å². The lowest BCUT2D eigenvalue weighted by molar-refractivity contribution is -0.908. The highest BCUT2D eigenvalue weighted by Crippen LogP contribution is 2.19. The molecule has 1 atom stereocenters. The van der Waals surface area contributed by atoms with Crippen LogP contribution in [0.2, 0.25) is 0 Å². The zero-order valence-corrected chi connectivity index (χ0v) is 14.9. The molecular formula is C18H25FN5O2+. The average Bonchev–Trinajstić information content (AvgIpc) is 3.16. The Morgan fingerprint density at radius 2 is 2.15 bits per heavy atom. The SMILES string of the molecule is C[C@H](c1ccccc1F)n1cc(C(=O)NCCC[NH+]2CCOCC2)nn1. The Balaban J connectivity index is 1.49. The molecule has 8 heteroatoms. The Bertz CT molecular complexity index is 730. The molecular weight excluding hydrogens is 337 g/mol. The number of hydrogen-bond acceptors (Lipinski definition) is 4. The predicted molar refractivity (Wildman–Crippen MR) is 93.6 cm³/mol. The number of hydrogen-bond donors (Lipinski definition) is 2. The molecule has 1 aliphatic rings. The van der Waals surface area contributed by atoms with E-state index in [-0.39, 0.29) is 23.5 Å². The molecule has 2 heterocycles. The van der Waals surface area contributed by atoms with Gasteiger partial charge < -0.3 is 15.0 Å². The second-order valence-electron chi connectivity index (χ2n) is 6.50. The zero-order chi connectivity index (χ0) is 18.4. The van der Waals surface area contributed by atoms with E-state index in [1.807, 2.05) is 6.92 Å². The topological polar surface area (TPSA) is 73.5 Å². The molecule has 0 bridgehead atoms. The molecule has 1 aromatic heterocycles. The van der Waals surface area contributed by atoms with Gasteiger partial charge in [0.1, 0.15) is 18.9 Å². The van der Waals surface area contributed by atoms with E-state index in [1.54, 1.807) is 24.4 Å². The summed E-state index contributed by atoms with van der Waals surface area (Å²) in [6, 6.07) is 6.19. The second-order valence-corrected chi connectivity index (χ2v) is 6.50. The monoisotopic (exact) mass is 362 g/mol. The van der Waals surface area contributed by atoms with E-state index in [4.69, 9.17) is 4.74 Å². The zero-order valence-electron chi connectivity index (χ0n) is 14.9. The molecule has 1 fully saturated rings. The first-order valence-corrected chi connectivity index (χ1v) is 9.01. The van der Waals surface area contributed by atoms with E-state index >= 15 is 0 Å². The van der Waals surface area contributed by atoms with Gasteiger partial charge in [0.05, 0.1) is 32.0 Å². The number of morpholine rings is 1. The summed E-state index contributed by atoms with van der Waals surface area (Å²) in [7, 11) is 0. The number of amides is 1. The standard InChI is InChI=1S/C18H24FN5O2/c1-14(15-5-2-3-6-16(15)19)24-13-17(21-22-24)18(25)20-7-4-8-23-9-11-26-12-10-23/h2-3,5-6,13-14H,4,7-12H2,1H3,(H,20,25)/p+1/t14-/m1/s1. The number of quaternary nitrogens is 1. The molecule has 0 aliphatic carbocycles. The minimum absolute atomic E-state index is 0.243. The molecule has 26 heavy (non-hydrogen) atoms. The summed E-state index contributed by atoms with van der Waals surface area (Å²) in [6.45, 7) is 7.10. The van der Waals surface area contributed by atoms with Crippen LogP contribution < -0.4 is 10.2 Å². The van der Waals surface area contributed by atoms with Gasteiger partial charge in [-0.2, -0.15) is 0 Å². The fourth-order valence-electron chi connectivity index (χ4n) is 3.07. The van der Waals surface area contributed by atoms with E-state index in [9.17, 15) is 9.18 Å². The van der Waals surface area contributed by atoms with Crippen molar-refractivity contribution in [3.63, 3.8) is 0 Å². The molecule has 140 valence electrons. The summed E-state index contributed by atoms with van der Waals surface area (Å²) in [5.74, 6) is -0.555. The molecule has 2 N–H and O–H groups in total. The van der Waals surface area contributed by atoms with Gasteiger partial charge in [-0.1, -0.05) is 23.4 Å². The molecule has 1 amide bonds. The maximum atomic E-state index is 13.9. The van der Waals surface area contributed by atoms with Gasteiger partial charge >= 0.3 is 0 Å². The van der Waals surface area contributed by atoms with Crippen molar-refractivity contribution in [2.24, 2.45) is 0 Å². The summed E-state index contributed by atoms with van der Waals surface area (Å²) < 4.78 is 20.7. The summed E-state index contributed by atoms with van der Waals surface area (Å²) in [5.41, 5.74) is 0.754. The molecule has 7 nitrogen and oxygen atoms in total. The highest BCUT2D eigenvalue weighted by Gasteiger charge is 2.17. The van der Waals surface area contributed by atoms with E-state index in [2.05, 4.69) is 15.6 Å². The highest BCUT2D eigenvalue weighted by molar-refractivity contribution is 5.91. The van der Waals surface area contributed by atoms with Gasteiger partial charge in [0.25, 0.3) is 5.91 Å². The summed E-state index contributed by atoms with van der Waals surface area (Å²) >= 11 is 0. The third kappa shape index (κ3) is 4.64. The van der Waals surface area contributed by atoms with Gasteiger partial charge in [-0.15, -0.1) is 5.10 Å². The van der Waals surface area contributed by atoms with E-state index in [0.717, 1.165) is 39.3 Å². The Labute approximate surface area is 152 Å². The van der Waals surface area contributed by atoms with Crippen molar-refractivity contribution >= 4 is 5.91 Å². The van der Waals surface area contributed by atoms with Crippen molar-refractivity contribution in [3.8, 4) is 0 Å². The smallest absolute Gasteiger partial charge is 0.273 e. The van der Waals surface area contributed by atoms with Crippen molar-refractivity contribution in [2.75, 3.05) is 39.4 Å². The third-order valence-electron chi connectivity index (χ3n) is 4.69. The number of halogens is 1. The average molecular weight is 362 g/mol. The largest absolute Gasteiger partial charge is 0.370 e. The number of carbonyl (C=O) groups excluding carboxylic acids is 1. The Morgan fingerprint density at radius 3 is 2.92 bits per heavy atom. The van der Waals surface area contributed by atoms with Crippen LogP contribution in [0.15, 0.2) is 30.5 Å². The lowest BCUT2D eigenvalue weighted by Crippen LogP contribution is -3.14. The molecule has 0 unspecified atom stereocenters. The normalized spacial score (nSPS) is 16.4. The van der Waals surface area contributed by atoms with Crippen molar-refractivity contribution in [1.29, 1.82) is 0 Å². The molecule has 3 rings (SSSR count). The van der Waals surface area contributed by atoms with Gasteiger partial charge in [0.2, 0.25) is 0 Å². The lowest BCUT2D eigenvalue weighted by atomic mass is 10.1. The molecule has 1 aliphatic heterocycles. The van der Waals surface area contributed by atoms with Gasteiger partial charge in [-0.25, -0.2) is 9.07 Å². The summed E-state index contributed by atoms with van der Waals surface area (Å²) in [4.78, 5) is 13.7. The number of ether oxygens (including phenoxy) is 1. The first kappa shape index (κ1) is 18.5. The van der Waals surface area contributed by atoms with Crippen LogP contribution in [-0.4, -0.2) is 60.3 Å². The van der Waals surface area contributed by atoms with Crippen molar-refractivity contribution in [1.82, 2.24) is 20.3 Å².